The zero-order chi connectivity index (χ0) is 14.6. The van der Waals surface area contributed by atoms with Crippen molar-refractivity contribution in [3.63, 3.8) is 0 Å². The lowest BCUT2D eigenvalue weighted by Crippen LogP contribution is -2.55. The summed E-state index contributed by atoms with van der Waals surface area (Å²) in [6.07, 6.45) is 6.50. The van der Waals surface area contributed by atoms with Crippen molar-refractivity contribution in [2.24, 2.45) is 17.6 Å². The smallest absolute Gasteiger partial charge is 0.0523 e. The number of likely N-dealkylation sites (N-methyl/N-ethyl adjacent to an activating group) is 1. The summed E-state index contributed by atoms with van der Waals surface area (Å²) in [5, 5.41) is 0. The number of nitrogens with two attached hydrogens (primary N) is 1. The van der Waals surface area contributed by atoms with E-state index >= 15 is 0 Å². The predicted octanol–water partition coefficient (Wildman–Crippen LogP) is 4.06. The average Bonchev–Trinajstić information content (AvgIpc) is 2.47. The van der Waals surface area contributed by atoms with Gasteiger partial charge in [-0.1, -0.05) is 44.9 Å². The van der Waals surface area contributed by atoms with Gasteiger partial charge in [-0.3, -0.25) is 0 Å². The van der Waals surface area contributed by atoms with E-state index in [0.29, 0.717) is 0 Å². The molecule has 0 radical (unpaired) electrons. The summed E-state index contributed by atoms with van der Waals surface area (Å²) >= 11 is 0. The lowest BCUT2D eigenvalue weighted by molar-refractivity contribution is 0.200. The quantitative estimate of drug-likeness (QED) is 0.877. The largest absolute Gasteiger partial charge is 0.368 e. The molecule has 0 amide bonds. The molecule has 2 atom stereocenters. The van der Waals surface area contributed by atoms with E-state index in [4.69, 9.17) is 5.73 Å². The third-order valence-electron chi connectivity index (χ3n) is 4.96. The van der Waals surface area contributed by atoms with Crippen LogP contribution in [0.5, 0.6) is 0 Å². The fourth-order valence-corrected chi connectivity index (χ4v) is 3.88. The van der Waals surface area contributed by atoms with Gasteiger partial charge in [0.2, 0.25) is 0 Å². The van der Waals surface area contributed by atoms with Crippen LogP contribution in [0.1, 0.15) is 46.0 Å². The SMILES string of the molecule is CC(C)CC1CCCC(CN)(N(C)c2ccccc2)C1. The molecule has 0 saturated heterocycles. The van der Waals surface area contributed by atoms with Crippen molar-refractivity contribution in [2.75, 3.05) is 18.5 Å². The van der Waals surface area contributed by atoms with Gasteiger partial charge >= 0.3 is 0 Å². The van der Waals surface area contributed by atoms with E-state index in [1.807, 2.05) is 0 Å². The molecular formula is C18H30N2. The second kappa shape index (κ2) is 6.62. The molecule has 2 nitrogen and oxygen atoms in total. The second-order valence-electron chi connectivity index (χ2n) is 6.91. The molecule has 1 aliphatic rings. The Kier molecular flexibility index (Phi) is 5.09. The van der Waals surface area contributed by atoms with Crippen LogP contribution in [-0.2, 0) is 0 Å². The molecule has 0 bridgehead atoms. The summed E-state index contributed by atoms with van der Waals surface area (Å²) in [6, 6.07) is 10.7. The number of hydrogen-bond acceptors (Lipinski definition) is 2. The van der Waals surface area contributed by atoms with E-state index < -0.39 is 0 Å². The van der Waals surface area contributed by atoms with Crippen molar-refractivity contribution in [2.45, 2.75) is 51.5 Å². The van der Waals surface area contributed by atoms with Gasteiger partial charge in [0.25, 0.3) is 0 Å². The van der Waals surface area contributed by atoms with Crippen molar-refractivity contribution < 1.29 is 0 Å². The molecule has 0 heterocycles. The number of benzene rings is 1. The number of nitrogens with zero attached hydrogens (tertiary/aromatic N) is 1. The van der Waals surface area contributed by atoms with Crippen LogP contribution in [0.3, 0.4) is 0 Å². The molecule has 0 spiro atoms. The maximum atomic E-state index is 6.23. The lowest BCUT2D eigenvalue weighted by Gasteiger charge is -2.48. The Bertz CT molecular complexity index is 401. The minimum absolute atomic E-state index is 0.152. The summed E-state index contributed by atoms with van der Waals surface area (Å²) in [5.41, 5.74) is 7.67. The molecule has 2 unspecified atom stereocenters. The third kappa shape index (κ3) is 3.35. The Labute approximate surface area is 124 Å². The van der Waals surface area contributed by atoms with Crippen molar-refractivity contribution in [1.29, 1.82) is 0 Å². The van der Waals surface area contributed by atoms with Crippen LogP contribution in [0, 0.1) is 11.8 Å². The highest BCUT2D eigenvalue weighted by molar-refractivity contribution is 5.48. The number of anilines is 1. The first-order chi connectivity index (χ1) is 9.57. The topological polar surface area (TPSA) is 29.3 Å². The van der Waals surface area contributed by atoms with Gasteiger partial charge in [-0.15, -0.1) is 0 Å². The zero-order valence-corrected chi connectivity index (χ0v) is 13.3. The number of rotatable bonds is 5. The first-order valence-corrected chi connectivity index (χ1v) is 8.06. The molecule has 112 valence electrons. The average molecular weight is 274 g/mol. The maximum Gasteiger partial charge on any atom is 0.0523 e. The maximum absolute atomic E-state index is 6.23. The minimum atomic E-state index is 0.152. The van der Waals surface area contributed by atoms with Gasteiger partial charge in [0.15, 0.2) is 0 Å². The zero-order valence-electron chi connectivity index (χ0n) is 13.3. The van der Waals surface area contributed by atoms with Gasteiger partial charge < -0.3 is 10.6 Å². The number of hydrogen-bond donors (Lipinski definition) is 1. The summed E-state index contributed by atoms with van der Waals surface area (Å²) in [4.78, 5) is 2.44. The van der Waals surface area contributed by atoms with Crippen molar-refractivity contribution in [3.8, 4) is 0 Å². The van der Waals surface area contributed by atoms with Gasteiger partial charge in [-0.05, 0) is 43.2 Å². The second-order valence-corrected chi connectivity index (χ2v) is 6.91. The highest BCUT2D eigenvalue weighted by Crippen LogP contribution is 2.40. The lowest BCUT2D eigenvalue weighted by atomic mass is 9.72. The first kappa shape index (κ1) is 15.4. The van der Waals surface area contributed by atoms with Crippen LogP contribution in [0.15, 0.2) is 30.3 Å². The summed E-state index contributed by atoms with van der Waals surface area (Å²) in [6.45, 7) is 5.42. The number of para-hydroxylation sites is 1. The van der Waals surface area contributed by atoms with E-state index in [-0.39, 0.29) is 5.54 Å². The minimum Gasteiger partial charge on any atom is -0.368 e. The molecule has 1 aromatic rings. The molecule has 1 saturated carbocycles. The van der Waals surface area contributed by atoms with Gasteiger partial charge in [-0.25, -0.2) is 0 Å². The summed E-state index contributed by atoms with van der Waals surface area (Å²) < 4.78 is 0. The molecule has 2 rings (SSSR count). The highest BCUT2D eigenvalue weighted by atomic mass is 15.2. The van der Waals surface area contributed by atoms with Gasteiger partial charge in [0, 0.05) is 19.3 Å². The molecule has 0 aromatic heterocycles. The van der Waals surface area contributed by atoms with Crippen LogP contribution < -0.4 is 10.6 Å². The van der Waals surface area contributed by atoms with Crippen LogP contribution >= 0.6 is 0 Å². The fraction of sp³-hybridized carbons (Fsp3) is 0.667. The van der Waals surface area contributed by atoms with Crippen molar-refractivity contribution >= 4 is 5.69 Å². The third-order valence-corrected chi connectivity index (χ3v) is 4.96. The molecule has 2 N–H and O–H groups in total. The van der Waals surface area contributed by atoms with Crippen molar-refractivity contribution in [1.82, 2.24) is 0 Å². The summed E-state index contributed by atoms with van der Waals surface area (Å²) in [7, 11) is 2.22. The Morgan fingerprint density at radius 3 is 2.60 bits per heavy atom. The monoisotopic (exact) mass is 274 g/mol. The molecule has 1 fully saturated rings. The molecule has 1 aliphatic carbocycles. The van der Waals surface area contributed by atoms with E-state index in [2.05, 4.69) is 56.1 Å². The molecule has 1 aromatic carbocycles. The van der Waals surface area contributed by atoms with Crippen molar-refractivity contribution in [3.05, 3.63) is 30.3 Å². The van der Waals surface area contributed by atoms with Gasteiger partial charge in [0.05, 0.1) is 5.54 Å². The van der Waals surface area contributed by atoms with Crippen LogP contribution in [0.4, 0.5) is 5.69 Å². The fourth-order valence-electron chi connectivity index (χ4n) is 3.88. The van der Waals surface area contributed by atoms with E-state index in [9.17, 15) is 0 Å². The van der Waals surface area contributed by atoms with E-state index in [0.717, 1.165) is 18.4 Å². The Morgan fingerprint density at radius 1 is 1.30 bits per heavy atom. The van der Waals surface area contributed by atoms with Crippen LogP contribution in [-0.4, -0.2) is 19.1 Å². The van der Waals surface area contributed by atoms with Gasteiger partial charge in [0.1, 0.15) is 0 Å². The predicted molar refractivity (Wildman–Crippen MR) is 88.0 cm³/mol. The normalized spacial score (nSPS) is 26.8. The van der Waals surface area contributed by atoms with Gasteiger partial charge in [-0.2, -0.15) is 0 Å². The van der Waals surface area contributed by atoms with E-state index in [1.54, 1.807) is 0 Å². The molecule has 20 heavy (non-hydrogen) atoms. The summed E-state index contributed by atoms with van der Waals surface area (Å²) in [5.74, 6) is 1.62. The van der Waals surface area contributed by atoms with Crippen LogP contribution in [0.2, 0.25) is 0 Å². The van der Waals surface area contributed by atoms with E-state index in [1.165, 1.54) is 37.8 Å². The standard InChI is InChI=1S/C18H30N2/c1-15(2)12-16-8-7-11-18(13-16,14-19)20(3)17-9-5-4-6-10-17/h4-6,9-10,15-16H,7-8,11-14,19H2,1-3H3. The molecule has 2 heteroatoms. The Hall–Kier alpha value is -1.02. The first-order valence-electron chi connectivity index (χ1n) is 8.06. The highest BCUT2D eigenvalue weighted by Gasteiger charge is 2.38. The molecule has 0 aliphatic heterocycles. The Balaban J connectivity index is 2.16. The molecular weight excluding hydrogens is 244 g/mol. The Morgan fingerprint density at radius 2 is 2.00 bits per heavy atom. The van der Waals surface area contributed by atoms with Crippen LogP contribution in [0.25, 0.3) is 0 Å².